The van der Waals surface area contributed by atoms with Gasteiger partial charge in [0.1, 0.15) is 0 Å². The standard InChI is InChI=1S/C20H21NO2/c1-10(2)16-13-8-9-14(16)18-17(13)19(22)21(20(18)23)15-7-5-6-11(3)12(15)4/h5-9,13-14,17-18H,1-4H3. The van der Waals surface area contributed by atoms with E-state index in [0.29, 0.717) is 0 Å². The van der Waals surface area contributed by atoms with Gasteiger partial charge in [-0.3, -0.25) is 9.59 Å². The number of benzene rings is 1. The smallest absolute Gasteiger partial charge is 0.238 e. The van der Waals surface area contributed by atoms with Crippen LogP contribution in [-0.4, -0.2) is 11.8 Å². The Hall–Kier alpha value is -2.16. The number of carbonyl (C=O) groups excluding carboxylic acids is 2. The molecule has 2 bridgehead atoms. The van der Waals surface area contributed by atoms with Gasteiger partial charge in [-0.05, 0) is 44.9 Å². The highest BCUT2D eigenvalue weighted by Gasteiger charge is 2.62. The number of nitrogens with zero attached hydrogens (tertiary/aromatic N) is 1. The normalized spacial score (nSPS) is 31.3. The molecule has 1 saturated carbocycles. The highest BCUT2D eigenvalue weighted by molar-refractivity contribution is 6.23. The summed E-state index contributed by atoms with van der Waals surface area (Å²) >= 11 is 0. The van der Waals surface area contributed by atoms with E-state index in [1.165, 1.54) is 16.0 Å². The highest BCUT2D eigenvalue weighted by atomic mass is 16.2. The van der Waals surface area contributed by atoms with Crippen molar-refractivity contribution in [3.8, 4) is 0 Å². The molecule has 3 nitrogen and oxygen atoms in total. The van der Waals surface area contributed by atoms with Crippen molar-refractivity contribution in [2.45, 2.75) is 27.7 Å². The van der Waals surface area contributed by atoms with Crippen molar-refractivity contribution in [3.63, 3.8) is 0 Å². The number of rotatable bonds is 1. The Balaban J connectivity index is 1.80. The van der Waals surface area contributed by atoms with Gasteiger partial charge in [0.2, 0.25) is 11.8 Å². The van der Waals surface area contributed by atoms with Crippen LogP contribution in [0.2, 0.25) is 0 Å². The molecular weight excluding hydrogens is 286 g/mol. The first kappa shape index (κ1) is 14.4. The maximum Gasteiger partial charge on any atom is 0.238 e. The molecular formula is C20H21NO2. The summed E-state index contributed by atoms with van der Waals surface area (Å²) in [6.07, 6.45) is 4.26. The molecule has 1 aromatic carbocycles. The minimum atomic E-state index is -0.206. The summed E-state index contributed by atoms with van der Waals surface area (Å²) in [4.78, 5) is 27.6. The molecule has 118 valence electrons. The maximum atomic E-state index is 13.1. The second-order valence-electron chi connectivity index (χ2n) is 7.17. The molecule has 0 radical (unpaired) electrons. The van der Waals surface area contributed by atoms with Crippen LogP contribution in [0.4, 0.5) is 5.69 Å². The predicted octanol–water partition coefficient (Wildman–Crippen LogP) is 3.56. The summed E-state index contributed by atoms with van der Waals surface area (Å²) in [7, 11) is 0. The summed E-state index contributed by atoms with van der Waals surface area (Å²) in [6, 6.07) is 5.81. The van der Waals surface area contributed by atoms with Crippen molar-refractivity contribution in [2.24, 2.45) is 23.7 Å². The fourth-order valence-electron chi connectivity index (χ4n) is 4.65. The first-order valence-corrected chi connectivity index (χ1v) is 8.23. The fourth-order valence-corrected chi connectivity index (χ4v) is 4.65. The number of amides is 2. The Kier molecular flexibility index (Phi) is 2.93. The summed E-state index contributed by atoms with van der Waals surface area (Å²) in [5, 5.41) is 0. The molecule has 4 rings (SSSR count). The van der Waals surface area contributed by atoms with E-state index in [1.807, 2.05) is 32.0 Å². The molecule has 1 aliphatic heterocycles. The van der Waals surface area contributed by atoms with Crippen LogP contribution >= 0.6 is 0 Å². The van der Waals surface area contributed by atoms with Gasteiger partial charge in [0.05, 0.1) is 17.5 Å². The second kappa shape index (κ2) is 4.67. The lowest BCUT2D eigenvalue weighted by Crippen LogP contribution is -2.34. The zero-order chi connectivity index (χ0) is 16.5. The average molecular weight is 307 g/mol. The van der Waals surface area contributed by atoms with Crippen molar-refractivity contribution in [1.82, 2.24) is 0 Å². The third-order valence-electron chi connectivity index (χ3n) is 5.81. The number of carbonyl (C=O) groups is 2. The van der Waals surface area contributed by atoms with Gasteiger partial charge in [-0.25, -0.2) is 4.90 Å². The molecule has 0 aromatic heterocycles. The van der Waals surface area contributed by atoms with Crippen molar-refractivity contribution in [2.75, 3.05) is 4.90 Å². The molecule has 3 aliphatic rings. The molecule has 1 saturated heterocycles. The van der Waals surface area contributed by atoms with Crippen molar-refractivity contribution in [3.05, 3.63) is 52.6 Å². The lowest BCUT2D eigenvalue weighted by atomic mass is 9.85. The van der Waals surface area contributed by atoms with Crippen LogP contribution in [0.5, 0.6) is 0 Å². The van der Waals surface area contributed by atoms with E-state index < -0.39 is 0 Å². The van der Waals surface area contributed by atoms with E-state index in [0.717, 1.165) is 16.8 Å². The van der Waals surface area contributed by atoms with E-state index in [4.69, 9.17) is 0 Å². The second-order valence-corrected chi connectivity index (χ2v) is 7.17. The predicted molar refractivity (Wildman–Crippen MR) is 89.9 cm³/mol. The third kappa shape index (κ3) is 1.71. The summed E-state index contributed by atoms with van der Waals surface area (Å²) < 4.78 is 0. The first-order chi connectivity index (χ1) is 10.9. The van der Waals surface area contributed by atoms with Gasteiger partial charge in [-0.2, -0.15) is 0 Å². The Morgan fingerprint density at radius 2 is 1.52 bits per heavy atom. The molecule has 0 spiro atoms. The first-order valence-electron chi connectivity index (χ1n) is 8.23. The van der Waals surface area contributed by atoms with Crippen LogP contribution in [0.25, 0.3) is 0 Å². The van der Waals surface area contributed by atoms with Gasteiger partial charge in [0.25, 0.3) is 0 Å². The minimum Gasteiger partial charge on any atom is -0.274 e. The van der Waals surface area contributed by atoms with E-state index in [-0.39, 0.29) is 35.5 Å². The lowest BCUT2D eigenvalue weighted by molar-refractivity contribution is -0.122. The molecule has 23 heavy (non-hydrogen) atoms. The largest absolute Gasteiger partial charge is 0.274 e. The Morgan fingerprint density at radius 3 is 2.04 bits per heavy atom. The summed E-state index contributed by atoms with van der Waals surface area (Å²) in [5.41, 5.74) is 5.41. The van der Waals surface area contributed by atoms with Crippen LogP contribution in [0.1, 0.15) is 25.0 Å². The number of hydrogen-bond acceptors (Lipinski definition) is 2. The molecule has 1 aromatic rings. The fraction of sp³-hybridized carbons (Fsp3) is 0.400. The van der Waals surface area contributed by atoms with E-state index >= 15 is 0 Å². The zero-order valence-corrected chi connectivity index (χ0v) is 14.0. The minimum absolute atomic E-state index is 0.0238. The molecule has 0 N–H and O–H groups in total. The molecule has 4 unspecified atom stereocenters. The van der Waals surface area contributed by atoms with Gasteiger partial charge >= 0.3 is 0 Å². The zero-order valence-electron chi connectivity index (χ0n) is 14.0. The van der Waals surface area contributed by atoms with E-state index in [9.17, 15) is 9.59 Å². The Morgan fingerprint density at radius 1 is 0.957 bits per heavy atom. The number of imide groups is 1. The van der Waals surface area contributed by atoms with Crippen molar-refractivity contribution >= 4 is 17.5 Å². The van der Waals surface area contributed by atoms with E-state index in [2.05, 4.69) is 26.0 Å². The quantitative estimate of drug-likeness (QED) is 0.587. The van der Waals surface area contributed by atoms with Crippen LogP contribution < -0.4 is 4.90 Å². The van der Waals surface area contributed by atoms with Crippen LogP contribution in [0.15, 0.2) is 41.5 Å². The Labute approximate surface area is 136 Å². The monoisotopic (exact) mass is 307 g/mol. The number of fused-ring (bicyclic) bond motifs is 5. The molecule has 2 aliphatic carbocycles. The number of allylic oxidation sites excluding steroid dienone is 4. The maximum absolute atomic E-state index is 13.1. The van der Waals surface area contributed by atoms with Gasteiger partial charge in [0.15, 0.2) is 0 Å². The van der Waals surface area contributed by atoms with Crippen molar-refractivity contribution < 1.29 is 9.59 Å². The molecule has 4 atom stereocenters. The number of hydrogen-bond donors (Lipinski definition) is 0. The van der Waals surface area contributed by atoms with E-state index in [1.54, 1.807) is 0 Å². The SMILES string of the molecule is CC(C)=C1C2C=CC1C1C(=O)N(c3cccc(C)c3C)C(=O)C21. The molecule has 2 fully saturated rings. The molecule has 2 amide bonds. The topological polar surface area (TPSA) is 37.4 Å². The summed E-state index contributed by atoms with van der Waals surface area (Å²) in [6.45, 7) is 8.16. The Bertz CT molecular complexity index is 764. The highest BCUT2D eigenvalue weighted by Crippen LogP contribution is 2.57. The van der Waals surface area contributed by atoms with Crippen LogP contribution in [0, 0.1) is 37.5 Å². The molecule has 3 heteroatoms. The van der Waals surface area contributed by atoms with Gasteiger partial charge in [-0.1, -0.05) is 35.4 Å². The lowest BCUT2D eigenvalue weighted by Gasteiger charge is -2.21. The van der Waals surface area contributed by atoms with Gasteiger partial charge < -0.3 is 0 Å². The number of anilines is 1. The van der Waals surface area contributed by atoms with Crippen LogP contribution in [0.3, 0.4) is 0 Å². The molecule has 1 heterocycles. The van der Waals surface area contributed by atoms with Crippen molar-refractivity contribution in [1.29, 1.82) is 0 Å². The van der Waals surface area contributed by atoms with Gasteiger partial charge in [0, 0.05) is 11.8 Å². The average Bonchev–Trinajstić information content (AvgIpc) is 3.13. The number of aryl methyl sites for hydroxylation is 1. The van der Waals surface area contributed by atoms with Gasteiger partial charge in [-0.15, -0.1) is 0 Å². The van der Waals surface area contributed by atoms with Crippen LogP contribution in [-0.2, 0) is 9.59 Å². The summed E-state index contributed by atoms with van der Waals surface area (Å²) in [5.74, 6) is -0.235. The third-order valence-corrected chi connectivity index (χ3v) is 5.81.